The van der Waals surface area contributed by atoms with Gasteiger partial charge in [-0.1, -0.05) is 12.0 Å². The number of fused-ring (bicyclic) bond motifs is 7. The molecule has 0 spiro atoms. The Morgan fingerprint density at radius 3 is 2.75 bits per heavy atom. The zero-order valence-corrected chi connectivity index (χ0v) is 30.3. The predicted octanol–water partition coefficient (Wildman–Crippen LogP) is 5.45. The average Bonchev–Trinajstić information content (AvgIpc) is 3.87. The lowest BCUT2D eigenvalue weighted by Crippen LogP contribution is -2.60. The van der Waals surface area contributed by atoms with Gasteiger partial charge in [-0.25, -0.2) is 27.9 Å². The number of benzene rings is 1. The van der Waals surface area contributed by atoms with Crippen molar-refractivity contribution in [3.63, 3.8) is 0 Å². The smallest absolute Gasteiger partial charge is 0.461 e. The number of aromatic nitrogens is 4. The van der Waals surface area contributed by atoms with Gasteiger partial charge in [0.25, 0.3) is 0 Å². The highest BCUT2D eigenvalue weighted by atomic mass is 19.1. The van der Waals surface area contributed by atoms with Crippen LogP contribution in [0.3, 0.4) is 0 Å². The van der Waals surface area contributed by atoms with Crippen LogP contribution in [0, 0.1) is 30.9 Å². The number of aryl methyl sites for hydroxylation is 2. The van der Waals surface area contributed by atoms with E-state index in [-0.39, 0.29) is 64.4 Å². The number of anilines is 2. The molecule has 0 radical (unpaired) electrons. The number of alkyl halides is 1. The number of halogens is 3. The third-order valence-corrected chi connectivity index (χ3v) is 12.7. The highest BCUT2D eigenvalue weighted by molar-refractivity contribution is 6.02. The largest absolute Gasteiger partial charge is 0.519 e. The van der Waals surface area contributed by atoms with Crippen LogP contribution in [-0.4, -0.2) is 85.8 Å². The number of terminal acetylenes is 1. The lowest BCUT2D eigenvalue weighted by atomic mass is 9.92. The first-order chi connectivity index (χ1) is 26.6. The van der Waals surface area contributed by atoms with Crippen molar-refractivity contribution in [1.82, 2.24) is 29.7 Å². The van der Waals surface area contributed by atoms with Gasteiger partial charge in [0.1, 0.15) is 52.9 Å². The van der Waals surface area contributed by atoms with E-state index in [1.54, 1.807) is 13.0 Å². The summed E-state index contributed by atoms with van der Waals surface area (Å²) in [6.45, 7) is 4.06. The molecule has 55 heavy (non-hydrogen) atoms. The van der Waals surface area contributed by atoms with E-state index in [4.69, 9.17) is 40.7 Å². The molecule has 4 saturated heterocycles. The number of rotatable bonds is 6. The van der Waals surface area contributed by atoms with Gasteiger partial charge in [0.2, 0.25) is 0 Å². The van der Waals surface area contributed by atoms with Crippen molar-refractivity contribution in [2.45, 2.75) is 94.7 Å². The molecule has 0 aliphatic carbocycles. The van der Waals surface area contributed by atoms with Crippen molar-refractivity contribution in [1.29, 1.82) is 0 Å². The van der Waals surface area contributed by atoms with Crippen molar-refractivity contribution < 1.29 is 26.7 Å². The fourth-order valence-corrected chi connectivity index (χ4v) is 10.3. The van der Waals surface area contributed by atoms with Gasteiger partial charge in [0, 0.05) is 43.0 Å². The molecule has 2 bridgehead atoms. The number of hydrogen-bond acceptors (Lipinski definition) is 12. The molecule has 2 N–H and O–H groups in total. The third-order valence-electron chi connectivity index (χ3n) is 12.7. The molecular weight excluding hydrogens is 713 g/mol. The van der Waals surface area contributed by atoms with E-state index in [1.807, 2.05) is 0 Å². The van der Waals surface area contributed by atoms with Crippen LogP contribution in [0.5, 0.6) is 6.01 Å². The third kappa shape index (κ3) is 5.39. The van der Waals surface area contributed by atoms with Gasteiger partial charge in [0.15, 0.2) is 11.6 Å². The van der Waals surface area contributed by atoms with E-state index in [0.29, 0.717) is 66.3 Å². The normalized spacial score (nSPS) is 26.3. The zero-order chi connectivity index (χ0) is 37.7. The number of ether oxygens (including phenoxy) is 1. The number of nitrogens with zero attached hydrogens (tertiary/aromatic N) is 7. The predicted molar refractivity (Wildman–Crippen MR) is 197 cm³/mol. The molecule has 10 rings (SSSR count). The summed E-state index contributed by atoms with van der Waals surface area (Å²) in [5.41, 5.74) is 6.13. The molecule has 5 aliphatic rings. The summed E-state index contributed by atoms with van der Waals surface area (Å²) in [5, 5.41) is 1.20. The first-order valence-electron chi connectivity index (χ1n) is 19.0. The van der Waals surface area contributed by atoms with Gasteiger partial charge in [-0.15, -0.1) is 6.42 Å². The topological polar surface area (TPSA) is 140 Å². The molecule has 284 valence electrons. The van der Waals surface area contributed by atoms with Gasteiger partial charge in [-0.05, 0) is 75.9 Å². The lowest BCUT2D eigenvalue weighted by molar-refractivity contribution is 0.106. The Bertz CT molecular complexity index is 2500. The van der Waals surface area contributed by atoms with Crippen molar-refractivity contribution in [3.8, 4) is 29.7 Å². The molecule has 0 unspecified atom stereocenters. The number of nitrogen functional groups attached to an aromatic ring is 1. The standard InChI is InChI=1S/C40H39F3N8O4/c1-3-24-25(42)10-8-21-14-30(44)46-35(31(21)24)36-33(43)34-32-26(45-36)6-4-7-27-28-11-9-23(50(28)18-29-20(2)54-39(52)55-29)17-51(27)37(32)48-38(47-34)53-19-40-12-5-13-49(40)16-22(41)15-40/h1,8,10,14,22-23,27-28H,4-7,9,11-13,15-19H2,2H3,(H2,44,46)/t22-,23-,27-,28+,40+/m1/s1. The minimum atomic E-state index is -0.951. The van der Waals surface area contributed by atoms with Crippen LogP contribution in [0.4, 0.5) is 24.8 Å². The van der Waals surface area contributed by atoms with Crippen molar-refractivity contribution in [2.24, 2.45) is 0 Å². The van der Waals surface area contributed by atoms with E-state index < -0.39 is 29.2 Å². The van der Waals surface area contributed by atoms with Gasteiger partial charge in [-0.3, -0.25) is 9.80 Å². The van der Waals surface area contributed by atoms with Crippen LogP contribution >= 0.6 is 0 Å². The Morgan fingerprint density at radius 1 is 1.05 bits per heavy atom. The Balaban J connectivity index is 1.13. The molecule has 4 fully saturated rings. The summed E-state index contributed by atoms with van der Waals surface area (Å²) in [4.78, 5) is 37.9. The number of piperazine rings is 1. The summed E-state index contributed by atoms with van der Waals surface area (Å²) < 4.78 is 64.4. The summed E-state index contributed by atoms with van der Waals surface area (Å²) >= 11 is 0. The fraction of sp³-hybridized carbons (Fsp3) is 0.475. The monoisotopic (exact) mass is 752 g/mol. The summed E-state index contributed by atoms with van der Waals surface area (Å²) in [7, 11) is 0. The van der Waals surface area contributed by atoms with Gasteiger partial charge < -0.3 is 24.2 Å². The van der Waals surface area contributed by atoms with Crippen LogP contribution in [0.15, 0.2) is 31.8 Å². The molecule has 9 heterocycles. The maximum Gasteiger partial charge on any atom is 0.519 e. The van der Waals surface area contributed by atoms with Crippen LogP contribution in [0.2, 0.25) is 0 Å². The molecule has 1 aromatic carbocycles. The molecule has 0 amide bonds. The second-order valence-corrected chi connectivity index (χ2v) is 15.7. The second-order valence-electron chi connectivity index (χ2n) is 15.7. The Morgan fingerprint density at radius 2 is 1.93 bits per heavy atom. The van der Waals surface area contributed by atoms with E-state index in [0.717, 1.165) is 45.1 Å². The van der Waals surface area contributed by atoms with Crippen LogP contribution in [0.25, 0.3) is 33.1 Å². The minimum Gasteiger partial charge on any atom is -0.461 e. The molecule has 4 aromatic heterocycles. The summed E-state index contributed by atoms with van der Waals surface area (Å²) in [6, 6.07) is 4.50. The van der Waals surface area contributed by atoms with Gasteiger partial charge in [-0.2, -0.15) is 9.97 Å². The molecule has 5 aromatic rings. The van der Waals surface area contributed by atoms with E-state index in [2.05, 4.69) is 25.6 Å². The molecular formula is C40H39F3N8O4. The first kappa shape index (κ1) is 34.3. The Kier molecular flexibility index (Phi) is 7.90. The number of pyridine rings is 2. The molecule has 12 nitrogen and oxygen atoms in total. The van der Waals surface area contributed by atoms with Crippen LogP contribution in [0.1, 0.15) is 67.7 Å². The maximum atomic E-state index is 17.5. The van der Waals surface area contributed by atoms with Crippen molar-refractivity contribution in [3.05, 3.63) is 63.2 Å². The molecule has 15 heteroatoms. The summed E-state index contributed by atoms with van der Waals surface area (Å²) in [5.74, 6) is 1.87. The average molecular weight is 753 g/mol. The van der Waals surface area contributed by atoms with E-state index in [1.165, 1.54) is 12.1 Å². The van der Waals surface area contributed by atoms with E-state index in [9.17, 15) is 9.18 Å². The number of hydrogen-bond donors (Lipinski definition) is 1. The minimum absolute atomic E-state index is 0.00201. The van der Waals surface area contributed by atoms with Crippen molar-refractivity contribution >= 4 is 33.3 Å². The first-order valence-corrected chi connectivity index (χ1v) is 19.0. The van der Waals surface area contributed by atoms with Crippen LogP contribution < -0.4 is 21.2 Å². The van der Waals surface area contributed by atoms with Gasteiger partial charge >= 0.3 is 11.8 Å². The zero-order valence-electron chi connectivity index (χ0n) is 30.3. The lowest BCUT2D eigenvalue weighted by Gasteiger charge is -2.48. The Labute approximate surface area is 313 Å². The highest BCUT2D eigenvalue weighted by Gasteiger charge is 2.50. The molecule has 0 saturated carbocycles. The summed E-state index contributed by atoms with van der Waals surface area (Å²) in [6.07, 6.45) is 10.7. The van der Waals surface area contributed by atoms with Crippen LogP contribution in [-0.2, 0) is 13.0 Å². The highest BCUT2D eigenvalue weighted by Crippen LogP contribution is 2.46. The maximum absolute atomic E-state index is 17.5. The fourth-order valence-electron chi connectivity index (χ4n) is 10.3. The molecule has 5 atom stereocenters. The SMILES string of the molecule is C#Cc1c(F)ccc2cc(N)nc(-c3nc4c5c(nc(OC[C@@]67CCCN6C[C@H](F)C7)nc5c3F)N3C[C@H]5CC[C@@H]([C@H]3CCC4)N5Cc3oc(=O)oc3C)c12. The second kappa shape index (κ2) is 12.7. The quantitative estimate of drug-likeness (QED) is 0.221. The molecule has 5 aliphatic heterocycles. The number of nitrogens with two attached hydrogens (primary N) is 1. The van der Waals surface area contributed by atoms with E-state index >= 15 is 8.78 Å². The van der Waals surface area contributed by atoms with Crippen molar-refractivity contribution in [2.75, 3.05) is 36.9 Å². The van der Waals surface area contributed by atoms with Gasteiger partial charge in [0.05, 0.1) is 28.7 Å². The Hall–Kier alpha value is -5.20.